The number of carbonyl (C=O) groups excluding carboxylic acids is 2. The molecule has 2 rings (SSSR count). The van der Waals surface area contributed by atoms with Crippen molar-refractivity contribution in [2.75, 3.05) is 27.4 Å². The number of amides is 1. The SMILES string of the molecule is COCCOc1cccc(C=N/N=C2/NC(=O)/C(=C\C(=O)OC)S2)c1. The van der Waals surface area contributed by atoms with Crippen molar-refractivity contribution in [1.82, 2.24) is 5.32 Å². The molecule has 1 N–H and O–H groups in total. The molecule has 8 nitrogen and oxygen atoms in total. The lowest BCUT2D eigenvalue weighted by Gasteiger charge is -2.05. The van der Waals surface area contributed by atoms with E-state index in [9.17, 15) is 9.59 Å². The average Bonchev–Trinajstić information content (AvgIpc) is 2.95. The predicted octanol–water partition coefficient (Wildman–Crippen LogP) is 1.32. The van der Waals surface area contributed by atoms with Gasteiger partial charge in [0, 0.05) is 13.2 Å². The number of nitrogens with zero attached hydrogens (tertiary/aromatic N) is 2. The smallest absolute Gasteiger partial charge is 0.331 e. The average molecular weight is 363 g/mol. The molecule has 0 spiro atoms. The number of hydrogen-bond donors (Lipinski definition) is 1. The number of amidine groups is 1. The Morgan fingerprint density at radius 2 is 2.16 bits per heavy atom. The third-order valence-corrected chi connectivity index (χ3v) is 3.77. The summed E-state index contributed by atoms with van der Waals surface area (Å²) in [6, 6.07) is 7.31. The van der Waals surface area contributed by atoms with Gasteiger partial charge in [-0.25, -0.2) is 4.79 Å². The molecule has 1 heterocycles. The van der Waals surface area contributed by atoms with E-state index < -0.39 is 11.9 Å². The highest BCUT2D eigenvalue weighted by atomic mass is 32.2. The second kappa shape index (κ2) is 9.60. The van der Waals surface area contributed by atoms with Gasteiger partial charge in [-0.2, -0.15) is 5.10 Å². The van der Waals surface area contributed by atoms with Crippen LogP contribution < -0.4 is 10.1 Å². The molecule has 1 aliphatic heterocycles. The lowest BCUT2D eigenvalue weighted by molar-refractivity contribution is -0.135. The zero-order chi connectivity index (χ0) is 18.1. The van der Waals surface area contributed by atoms with Gasteiger partial charge in [0.25, 0.3) is 5.91 Å². The molecule has 9 heteroatoms. The molecule has 1 fully saturated rings. The summed E-state index contributed by atoms with van der Waals surface area (Å²) in [4.78, 5) is 23.0. The molecule has 132 valence electrons. The Hall–Kier alpha value is -2.65. The monoisotopic (exact) mass is 363 g/mol. The maximum absolute atomic E-state index is 11.7. The first-order valence-corrected chi connectivity index (χ1v) is 8.05. The van der Waals surface area contributed by atoms with E-state index in [1.165, 1.54) is 13.3 Å². The van der Waals surface area contributed by atoms with Crippen LogP contribution in [0.25, 0.3) is 0 Å². The molecular weight excluding hydrogens is 346 g/mol. The molecule has 0 aromatic heterocycles. The van der Waals surface area contributed by atoms with Crippen LogP contribution in [0.1, 0.15) is 5.56 Å². The first-order chi connectivity index (χ1) is 12.1. The molecule has 1 saturated heterocycles. The Bertz CT molecular complexity index is 730. The van der Waals surface area contributed by atoms with Crippen LogP contribution in [0, 0.1) is 0 Å². The van der Waals surface area contributed by atoms with Crippen molar-refractivity contribution in [1.29, 1.82) is 0 Å². The number of methoxy groups -OCH3 is 2. The summed E-state index contributed by atoms with van der Waals surface area (Å²) in [5.41, 5.74) is 0.791. The number of esters is 1. The molecule has 1 aromatic carbocycles. The summed E-state index contributed by atoms with van der Waals surface area (Å²) < 4.78 is 14.9. The molecular formula is C16H17N3O5S. The standard InChI is InChI=1S/C16H17N3O5S/c1-22-6-7-24-12-5-3-4-11(8-12)10-17-19-16-18-15(21)13(25-16)9-14(20)23-2/h3-5,8-10H,6-7H2,1-2H3,(H,18,19,21)/b13-9+,17-10?. The number of carbonyl (C=O) groups is 2. The van der Waals surface area contributed by atoms with Crippen LogP contribution in [-0.2, 0) is 19.1 Å². The summed E-state index contributed by atoms with van der Waals surface area (Å²) in [7, 11) is 2.85. The minimum atomic E-state index is -0.604. The highest BCUT2D eigenvalue weighted by molar-refractivity contribution is 8.18. The molecule has 0 bridgehead atoms. The van der Waals surface area contributed by atoms with E-state index >= 15 is 0 Å². The van der Waals surface area contributed by atoms with Crippen molar-refractivity contribution >= 4 is 35.0 Å². The third kappa shape index (κ3) is 6.05. The van der Waals surface area contributed by atoms with Crippen LogP contribution in [0.5, 0.6) is 5.75 Å². The van der Waals surface area contributed by atoms with Gasteiger partial charge in [0.15, 0.2) is 5.17 Å². The van der Waals surface area contributed by atoms with Crippen molar-refractivity contribution in [2.24, 2.45) is 10.2 Å². The molecule has 0 aliphatic carbocycles. The minimum absolute atomic E-state index is 0.203. The van der Waals surface area contributed by atoms with Gasteiger partial charge >= 0.3 is 5.97 Å². The third-order valence-electron chi connectivity index (χ3n) is 2.87. The van der Waals surface area contributed by atoms with Gasteiger partial charge in [0.2, 0.25) is 0 Å². The van der Waals surface area contributed by atoms with Crippen LogP contribution in [-0.4, -0.2) is 50.7 Å². The fourth-order valence-corrected chi connectivity index (χ4v) is 2.46. The summed E-state index contributed by atoms with van der Waals surface area (Å²) >= 11 is 1.01. The Morgan fingerprint density at radius 3 is 2.92 bits per heavy atom. The number of ether oxygens (including phenoxy) is 3. The van der Waals surface area contributed by atoms with Gasteiger partial charge in [-0.3, -0.25) is 10.1 Å². The Morgan fingerprint density at radius 1 is 1.32 bits per heavy atom. The van der Waals surface area contributed by atoms with Crippen LogP contribution in [0.2, 0.25) is 0 Å². The van der Waals surface area contributed by atoms with Crippen molar-refractivity contribution in [3.05, 3.63) is 40.8 Å². The Balaban J connectivity index is 1.97. The Labute approximate surface area is 148 Å². The van der Waals surface area contributed by atoms with Crippen molar-refractivity contribution in [2.45, 2.75) is 0 Å². The quantitative estimate of drug-likeness (QED) is 0.258. The normalized spacial score (nSPS) is 17.3. The van der Waals surface area contributed by atoms with Gasteiger partial charge < -0.3 is 14.2 Å². The van der Waals surface area contributed by atoms with Gasteiger partial charge in [-0.1, -0.05) is 12.1 Å². The van der Waals surface area contributed by atoms with Gasteiger partial charge in [0.05, 0.1) is 24.8 Å². The molecule has 0 unspecified atom stereocenters. The summed E-state index contributed by atoms with van der Waals surface area (Å²) in [6.07, 6.45) is 2.64. The van der Waals surface area contributed by atoms with Crippen LogP contribution in [0.15, 0.2) is 45.4 Å². The molecule has 0 radical (unpaired) electrons. The minimum Gasteiger partial charge on any atom is -0.491 e. The van der Waals surface area contributed by atoms with E-state index in [0.717, 1.165) is 23.4 Å². The van der Waals surface area contributed by atoms with Crippen molar-refractivity contribution in [3.63, 3.8) is 0 Å². The number of nitrogens with one attached hydrogen (secondary N) is 1. The van der Waals surface area contributed by atoms with E-state index in [0.29, 0.717) is 19.0 Å². The first kappa shape index (κ1) is 18.7. The van der Waals surface area contributed by atoms with E-state index in [4.69, 9.17) is 9.47 Å². The molecule has 0 saturated carbocycles. The fourth-order valence-electron chi connectivity index (χ4n) is 1.72. The summed E-state index contributed by atoms with van der Waals surface area (Å²) in [5.74, 6) is -0.328. The molecule has 0 atom stereocenters. The zero-order valence-electron chi connectivity index (χ0n) is 13.7. The summed E-state index contributed by atoms with van der Waals surface area (Å²) in [5, 5.41) is 10.6. The van der Waals surface area contributed by atoms with Gasteiger partial charge in [-0.05, 0) is 29.5 Å². The molecule has 25 heavy (non-hydrogen) atoms. The maximum atomic E-state index is 11.7. The molecule has 1 aromatic rings. The number of hydrogen-bond acceptors (Lipinski definition) is 8. The van der Waals surface area contributed by atoms with Crippen LogP contribution in [0.4, 0.5) is 0 Å². The second-order valence-electron chi connectivity index (χ2n) is 4.65. The molecule has 1 aliphatic rings. The van der Waals surface area contributed by atoms with Gasteiger partial charge in [-0.15, -0.1) is 5.10 Å². The maximum Gasteiger partial charge on any atom is 0.331 e. The lowest BCUT2D eigenvalue weighted by atomic mass is 10.2. The van der Waals surface area contributed by atoms with Gasteiger partial charge in [0.1, 0.15) is 12.4 Å². The lowest BCUT2D eigenvalue weighted by Crippen LogP contribution is -2.19. The van der Waals surface area contributed by atoms with E-state index in [2.05, 4.69) is 20.3 Å². The highest BCUT2D eigenvalue weighted by Gasteiger charge is 2.24. The number of rotatable bonds is 7. The van der Waals surface area contributed by atoms with E-state index in [-0.39, 0.29) is 10.1 Å². The van der Waals surface area contributed by atoms with Crippen LogP contribution in [0.3, 0.4) is 0 Å². The highest BCUT2D eigenvalue weighted by Crippen LogP contribution is 2.23. The predicted molar refractivity (Wildman–Crippen MR) is 94.7 cm³/mol. The van der Waals surface area contributed by atoms with Crippen molar-refractivity contribution in [3.8, 4) is 5.75 Å². The zero-order valence-corrected chi connectivity index (χ0v) is 14.5. The van der Waals surface area contributed by atoms with E-state index in [1.807, 2.05) is 24.3 Å². The molecule has 1 amide bonds. The number of thioether (sulfide) groups is 1. The second-order valence-corrected chi connectivity index (χ2v) is 5.68. The topological polar surface area (TPSA) is 98.6 Å². The fraction of sp³-hybridized carbons (Fsp3) is 0.250. The first-order valence-electron chi connectivity index (χ1n) is 7.24. The van der Waals surface area contributed by atoms with Crippen LogP contribution >= 0.6 is 11.8 Å². The number of benzene rings is 1. The largest absolute Gasteiger partial charge is 0.491 e. The summed E-state index contributed by atoms with van der Waals surface area (Å²) in [6.45, 7) is 0.960. The van der Waals surface area contributed by atoms with E-state index in [1.54, 1.807) is 7.11 Å². The Kier molecular flexibility index (Phi) is 7.17. The van der Waals surface area contributed by atoms with Crippen molar-refractivity contribution < 1.29 is 23.8 Å².